The van der Waals surface area contributed by atoms with Crippen molar-refractivity contribution in [3.8, 4) is 17.1 Å². The molecule has 5 nitrogen and oxygen atoms in total. The SMILES string of the molecule is COc1ccc(-c2noc(C3(N)CCCCC3)n2)cc1Br. The minimum atomic E-state index is -0.465. The van der Waals surface area contributed by atoms with E-state index in [0.717, 1.165) is 41.5 Å². The molecular weight excluding hydrogens is 334 g/mol. The van der Waals surface area contributed by atoms with Crippen molar-refractivity contribution in [2.75, 3.05) is 7.11 Å². The standard InChI is InChI=1S/C15H18BrN3O2/c1-20-12-6-5-10(9-11(12)16)13-18-14(21-19-13)15(17)7-3-2-4-8-15/h5-6,9H,2-4,7-8,17H2,1H3. The molecule has 0 atom stereocenters. The second-order valence-corrected chi connectivity index (χ2v) is 6.34. The molecule has 1 aromatic heterocycles. The van der Waals surface area contributed by atoms with E-state index in [4.69, 9.17) is 15.0 Å². The number of nitrogens with two attached hydrogens (primary N) is 1. The first-order chi connectivity index (χ1) is 10.1. The lowest BCUT2D eigenvalue weighted by molar-refractivity contribution is 0.220. The molecule has 1 aromatic carbocycles. The smallest absolute Gasteiger partial charge is 0.247 e. The van der Waals surface area contributed by atoms with Gasteiger partial charge in [-0.05, 0) is 47.0 Å². The quantitative estimate of drug-likeness (QED) is 0.913. The van der Waals surface area contributed by atoms with E-state index in [1.54, 1.807) is 7.11 Å². The van der Waals surface area contributed by atoms with E-state index in [0.29, 0.717) is 11.7 Å². The van der Waals surface area contributed by atoms with Crippen LogP contribution in [0.2, 0.25) is 0 Å². The molecule has 0 radical (unpaired) electrons. The van der Waals surface area contributed by atoms with Gasteiger partial charge in [-0.25, -0.2) is 0 Å². The van der Waals surface area contributed by atoms with Crippen LogP contribution in [0.3, 0.4) is 0 Å². The summed E-state index contributed by atoms with van der Waals surface area (Å²) in [6, 6.07) is 5.69. The van der Waals surface area contributed by atoms with Gasteiger partial charge in [0, 0.05) is 5.56 Å². The Morgan fingerprint density at radius 3 is 2.71 bits per heavy atom. The van der Waals surface area contributed by atoms with E-state index in [1.165, 1.54) is 6.42 Å². The number of ether oxygens (including phenoxy) is 1. The summed E-state index contributed by atoms with van der Waals surface area (Å²) in [5, 5.41) is 4.08. The van der Waals surface area contributed by atoms with Crippen LogP contribution in [-0.2, 0) is 5.54 Å². The first-order valence-electron chi connectivity index (χ1n) is 7.09. The zero-order chi connectivity index (χ0) is 14.9. The lowest BCUT2D eigenvalue weighted by Gasteiger charge is -2.29. The number of hydrogen-bond donors (Lipinski definition) is 1. The van der Waals surface area contributed by atoms with Crippen molar-refractivity contribution < 1.29 is 9.26 Å². The van der Waals surface area contributed by atoms with Crippen molar-refractivity contribution in [3.63, 3.8) is 0 Å². The molecule has 1 saturated carbocycles. The third-order valence-electron chi connectivity index (χ3n) is 4.01. The number of hydrogen-bond acceptors (Lipinski definition) is 5. The van der Waals surface area contributed by atoms with Gasteiger partial charge < -0.3 is 15.0 Å². The van der Waals surface area contributed by atoms with Gasteiger partial charge in [-0.15, -0.1) is 0 Å². The Balaban J connectivity index is 1.89. The fraction of sp³-hybridized carbons (Fsp3) is 0.467. The predicted molar refractivity (Wildman–Crippen MR) is 82.9 cm³/mol. The largest absolute Gasteiger partial charge is 0.496 e. The summed E-state index contributed by atoms with van der Waals surface area (Å²) in [5.41, 5.74) is 6.83. The lowest BCUT2D eigenvalue weighted by atomic mass is 9.82. The highest BCUT2D eigenvalue weighted by molar-refractivity contribution is 9.10. The van der Waals surface area contributed by atoms with Gasteiger partial charge in [-0.1, -0.05) is 24.4 Å². The number of halogens is 1. The Morgan fingerprint density at radius 1 is 1.29 bits per heavy atom. The maximum Gasteiger partial charge on any atom is 0.247 e. The summed E-state index contributed by atoms with van der Waals surface area (Å²) in [4.78, 5) is 4.51. The molecule has 0 bridgehead atoms. The van der Waals surface area contributed by atoms with Crippen LogP contribution in [-0.4, -0.2) is 17.3 Å². The average molecular weight is 352 g/mol. The van der Waals surface area contributed by atoms with Gasteiger partial charge in [-0.2, -0.15) is 4.98 Å². The van der Waals surface area contributed by atoms with Crippen molar-refractivity contribution >= 4 is 15.9 Å². The maximum absolute atomic E-state index is 6.42. The van der Waals surface area contributed by atoms with Crippen LogP contribution in [0.25, 0.3) is 11.4 Å². The fourth-order valence-corrected chi connectivity index (χ4v) is 3.29. The second-order valence-electron chi connectivity index (χ2n) is 5.49. The Hall–Kier alpha value is -1.40. The Morgan fingerprint density at radius 2 is 2.05 bits per heavy atom. The number of nitrogens with zero attached hydrogens (tertiary/aromatic N) is 2. The van der Waals surface area contributed by atoms with Gasteiger partial charge in [0.2, 0.25) is 11.7 Å². The monoisotopic (exact) mass is 351 g/mol. The molecule has 1 fully saturated rings. The average Bonchev–Trinajstić information content (AvgIpc) is 2.98. The van der Waals surface area contributed by atoms with Gasteiger partial charge in [0.25, 0.3) is 0 Å². The van der Waals surface area contributed by atoms with Crippen LogP contribution < -0.4 is 10.5 Å². The topological polar surface area (TPSA) is 74.2 Å². The summed E-state index contributed by atoms with van der Waals surface area (Å²) in [7, 11) is 1.63. The highest BCUT2D eigenvalue weighted by atomic mass is 79.9. The number of benzene rings is 1. The van der Waals surface area contributed by atoms with Crippen molar-refractivity contribution in [3.05, 3.63) is 28.6 Å². The Bertz CT molecular complexity index is 636. The van der Waals surface area contributed by atoms with Gasteiger partial charge in [0.05, 0.1) is 17.1 Å². The van der Waals surface area contributed by atoms with Gasteiger partial charge in [0.1, 0.15) is 5.75 Å². The maximum atomic E-state index is 6.42. The van der Waals surface area contributed by atoms with E-state index < -0.39 is 5.54 Å². The van der Waals surface area contributed by atoms with Gasteiger partial charge in [-0.3, -0.25) is 0 Å². The molecule has 2 N–H and O–H groups in total. The Labute approximate surface area is 132 Å². The van der Waals surface area contributed by atoms with E-state index >= 15 is 0 Å². The number of rotatable bonds is 3. The minimum Gasteiger partial charge on any atom is -0.496 e. The van der Waals surface area contributed by atoms with Gasteiger partial charge >= 0.3 is 0 Å². The molecule has 0 saturated heterocycles. The van der Waals surface area contributed by atoms with Crippen molar-refractivity contribution in [1.82, 2.24) is 10.1 Å². The highest BCUT2D eigenvalue weighted by Crippen LogP contribution is 2.35. The third-order valence-corrected chi connectivity index (χ3v) is 4.63. The molecule has 1 aliphatic rings. The molecular formula is C15H18BrN3O2. The molecule has 6 heteroatoms. The molecule has 1 aliphatic carbocycles. The molecule has 0 aliphatic heterocycles. The summed E-state index contributed by atoms with van der Waals surface area (Å²) in [6.07, 6.45) is 5.26. The van der Waals surface area contributed by atoms with E-state index in [2.05, 4.69) is 26.1 Å². The molecule has 0 unspecified atom stereocenters. The Kier molecular flexibility index (Phi) is 3.99. The van der Waals surface area contributed by atoms with E-state index in [-0.39, 0.29) is 0 Å². The van der Waals surface area contributed by atoms with Crippen molar-refractivity contribution in [2.24, 2.45) is 5.73 Å². The molecule has 112 valence electrons. The summed E-state index contributed by atoms with van der Waals surface area (Å²) < 4.78 is 11.5. The summed E-state index contributed by atoms with van der Waals surface area (Å²) in [5.74, 6) is 1.87. The molecule has 21 heavy (non-hydrogen) atoms. The van der Waals surface area contributed by atoms with E-state index in [9.17, 15) is 0 Å². The van der Waals surface area contributed by atoms with Crippen LogP contribution in [0, 0.1) is 0 Å². The van der Waals surface area contributed by atoms with Crippen LogP contribution >= 0.6 is 15.9 Å². The summed E-state index contributed by atoms with van der Waals surface area (Å²) >= 11 is 3.46. The molecule has 0 amide bonds. The van der Waals surface area contributed by atoms with Crippen LogP contribution in [0.4, 0.5) is 0 Å². The molecule has 1 heterocycles. The first-order valence-corrected chi connectivity index (χ1v) is 7.89. The molecule has 3 rings (SSSR count). The summed E-state index contributed by atoms with van der Waals surface area (Å²) in [6.45, 7) is 0. The van der Waals surface area contributed by atoms with E-state index in [1.807, 2.05) is 18.2 Å². The number of methoxy groups -OCH3 is 1. The fourth-order valence-electron chi connectivity index (χ4n) is 2.74. The second kappa shape index (κ2) is 5.77. The van der Waals surface area contributed by atoms with Gasteiger partial charge in [0.15, 0.2) is 0 Å². The highest BCUT2D eigenvalue weighted by Gasteiger charge is 2.35. The predicted octanol–water partition coefficient (Wildman–Crippen LogP) is 3.63. The first kappa shape index (κ1) is 14.5. The third kappa shape index (κ3) is 2.82. The molecule has 0 spiro atoms. The van der Waals surface area contributed by atoms with Crippen molar-refractivity contribution in [2.45, 2.75) is 37.6 Å². The molecule has 2 aromatic rings. The lowest BCUT2D eigenvalue weighted by Crippen LogP contribution is -2.38. The zero-order valence-corrected chi connectivity index (χ0v) is 13.5. The number of aromatic nitrogens is 2. The van der Waals surface area contributed by atoms with Crippen LogP contribution in [0.5, 0.6) is 5.75 Å². The zero-order valence-electron chi connectivity index (χ0n) is 11.9. The normalized spacial score (nSPS) is 17.7. The van der Waals surface area contributed by atoms with Crippen molar-refractivity contribution in [1.29, 1.82) is 0 Å². The minimum absolute atomic E-state index is 0.465. The van der Waals surface area contributed by atoms with Crippen LogP contribution in [0.15, 0.2) is 27.2 Å². The van der Waals surface area contributed by atoms with Crippen LogP contribution in [0.1, 0.15) is 38.0 Å².